The normalized spacial score (nSPS) is 25.1. The van der Waals surface area contributed by atoms with Crippen LogP contribution in [-0.4, -0.2) is 72.7 Å². The molecule has 0 spiro atoms. The molecule has 43 heavy (non-hydrogen) atoms. The molecule has 0 aromatic carbocycles. The van der Waals surface area contributed by atoms with Crippen molar-refractivity contribution >= 4 is 24.1 Å². The van der Waals surface area contributed by atoms with Crippen molar-refractivity contribution in [1.82, 2.24) is 10.6 Å². The standard InChI is InChI=1S/C14H24N4O4.C14H26N2O4.CH4/c1-5-21-12(19)9-6-7-10(17-18-15)11(8-9)16-13(20)22-14(2,3)4;1-5-19-12(17)9-6-7-10(15)11(8-9)16-13(18)20-14(2,3)4;/h9-11H,5-8H2,1-4H3,(H,16,20);9-11H,5-8,15H2,1-4H3,(H,16,18);1H4/t2*9-,10-,11+;/m11./s1. The fourth-order valence-corrected chi connectivity index (χ4v) is 4.74. The van der Waals surface area contributed by atoms with Gasteiger partial charge in [-0.3, -0.25) is 9.59 Å². The van der Waals surface area contributed by atoms with E-state index in [1.165, 1.54) is 0 Å². The number of amides is 2. The zero-order valence-corrected chi connectivity index (χ0v) is 26.3. The average molecular weight is 615 g/mol. The van der Waals surface area contributed by atoms with E-state index in [9.17, 15) is 19.2 Å². The monoisotopic (exact) mass is 614 g/mol. The maximum Gasteiger partial charge on any atom is 0.407 e. The minimum Gasteiger partial charge on any atom is -0.466 e. The first-order valence-corrected chi connectivity index (χ1v) is 14.6. The van der Waals surface area contributed by atoms with Crippen LogP contribution in [0.1, 0.15) is 101 Å². The van der Waals surface area contributed by atoms with Crippen molar-refractivity contribution in [3.05, 3.63) is 10.4 Å². The van der Waals surface area contributed by atoms with Crippen molar-refractivity contribution in [3.8, 4) is 0 Å². The Morgan fingerprint density at radius 3 is 1.63 bits per heavy atom. The molecule has 0 bridgehead atoms. The third-order valence-corrected chi connectivity index (χ3v) is 6.56. The Morgan fingerprint density at radius 2 is 1.21 bits per heavy atom. The highest BCUT2D eigenvalue weighted by molar-refractivity contribution is 5.74. The van der Waals surface area contributed by atoms with Gasteiger partial charge in [0.1, 0.15) is 11.2 Å². The van der Waals surface area contributed by atoms with Crippen LogP contribution in [0.4, 0.5) is 9.59 Å². The topological polar surface area (TPSA) is 204 Å². The molecule has 2 rings (SSSR count). The molecule has 2 saturated carbocycles. The second kappa shape index (κ2) is 18.4. The maximum absolute atomic E-state index is 11.9. The summed E-state index contributed by atoms with van der Waals surface area (Å²) in [6.45, 7) is 14.9. The Labute approximate surface area is 256 Å². The van der Waals surface area contributed by atoms with Crippen LogP contribution in [0.25, 0.3) is 10.4 Å². The molecule has 0 aromatic rings. The average Bonchev–Trinajstić information content (AvgIpc) is 2.85. The number of carbonyl (C=O) groups is 4. The molecule has 2 fully saturated rings. The highest BCUT2D eigenvalue weighted by Gasteiger charge is 2.36. The maximum atomic E-state index is 11.9. The molecular formula is C29H54N6O8. The van der Waals surface area contributed by atoms with Crippen LogP contribution in [0.5, 0.6) is 0 Å². The molecule has 4 N–H and O–H groups in total. The Kier molecular flexibility index (Phi) is 17.0. The number of nitrogens with two attached hydrogens (primary N) is 1. The first-order valence-electron chi connectivity index (χ1n) is 14.6. The number of ether oxygens (including phenoxy) is 4. The van der Waals surface area contributed by atoms with Gasteiger partial charge in [0.05, 0.1) is 31.1 Å². The summed E-state index contributed by atoms with van der Waals surface area (Å²) in [5.41, 5.74) is 13.5. The van der Waals surface area contributed by atoms with Crippen LogP contribution in [0.3, 0.4) is 0 Å². The SMILES string of the molecule is C.CCOC(=O)[C@@H]1CC[C@@H](N)[C@@H](NC(=O)OC(C)(C)C)C1.CCOC(=O)[C@@H]1CC[C@@H](N=[N+]=[N-])[C@@H](NC(=O)OC(C)(C)C)C1. The molecule has 2 aliphatic carbocycles. The fourth-order valence-electron chi connectivity index (χ4n) is 4.74. The summed E-state index contributed by atoms with van der Waals surface area (Å²) < 4.78 is 20.5. The third kappa shape index (κ3) is 15.7. The van der Waals surface area contributed by atoms with E-state index >= 15 is 0 Å². The molecule has 0 saturated heterocycles. The van der Waals surface area contributed by atoms with Gasteiger partial charge in [0.15, 0.2) is 0 Å². The Balaban J connectivity index is 0.000000805. The van der Waals surface area contributed by atoms with Crippen molar-refractivity contribution in [2.75, 3.05) is 13.2 Å². The lowest BCUT2D eigenvalue weighted by atomic mass is 9.82. The first-order chi connectivity index (χ1) is 19.5. The van der Waals surface area contributed by atoms with Crippen LogP contribution in [0.15, 0.2) is 5.11 Å². The van der Waals surface area contributed by atoms with E-state index in [0.29, 0.717) is 51.7 Å². The molecule has 14 nitrogen and oxygen atoms in total. The van der Waals surface area contributed by atoms with Crippen LogP contribution >= 0.6 is 0 Å². The van der Waals surface area contributed by atoms with E-state index in [2.05, 4.69) is 20.7 Å². The first kappa shape index (κ1) is 39.8. The molecule has 14 heteroatoms. The summed E-state index contributed by atoms with van der Waals surface area (Å²) in [6, 6.07) is -1.24. The van der Waals surface area contributed by atoms with Gasteiger partial charge in [0.25, 0.3) is 0 Å². The highest BCUT2D eigenvalue weighted by atomic mass is 16.6. The molecule has 0 unspecified atom stereocenters. The number of nitrogens with zero attached hydrogens (tertiary/aromatic N) is 3. The van der Waals surface area contributed by atoms with Gasteiger partial charge < -0.3 is 35.3 Å². The van der Waals surface area contributed by atoms with Crippen molar-refractivity contribution in [1.29, 1.82) is 0 Å². The van der Waals surface area contributed by atoms with E-state index in [1.54, 1.807) is 55.4 Å². The van der Waals surface area contributed by atoms with Crippen LogP contribution in [0.2, 0.25) is 0 Å². The zero-order chi connectivity index (χ0) is 32.1. The van der Waals surface area contributed by atoms with Gasteiger partial charge in [-0.25, -0.2) is 9.59 Å². The second-order valence-electron chi connectivity index (χ2n) is 12.5. The summed E-state index contributed by atoms with van der Waals surface area (Å²) in [4.78, 5) is 50.1. The predicted molar refractivity (Wildman–Crippen MR) is 162 cm³/mol. The number of nitrogens with one attached hydrogen (secondary N) is 2. The van der Waals surface area contributed by atoms with Crippen LogP contribution in [0, 0.1) is 11.8 Å². The minimum absolute atomic E-state index is 0. The Morgan fingerprint density at radius 1 is 0.791 bits per heavy atom. The summed E-state index contributed by atoms with van der Waals surface area (Å²) in [7, 11) is 0. The number of alkyl carbamates (subject to hydrolysis) is 2. The number of esters is 2. The number of hydrogen-bond donors (Lipinski definition) is 3. The third-order valence-electron chi connectivity index (χ3n) is 6.56. The fraction of sp³-hybridized carbons (Fsp3) is 0.862. The Hall–Kier alpha value is -3.25. The molecule has 2 aliphatic rings. The summed E-state index contributed by atoms with van der Waals surface area (Å²) >= 11 is 0. The molecule has 0 heterocycles. The van der Waals surface area contributed by atoms with Gasteiger partial charge in [0.2, 0.25) is 0 Å². The van der Waals surface area contributed by atoms with Crippen molar-refractivity contribution in [2.24, 2.45) is 22.7 Å². The largest absolute Gasteiger partial charge is 0.466 e. The lowest BCUT2D eigenvalue weighted by Crippen LogP contribution is -2.53. The van der Waals surface area contributed by atoms with Gasteiger partial charge in [-0.05, 0) is 99.4 Å². The smallest absolute Gasteiger partial charge is 0.407 e. The lowest BCUT2D eigenvalue weighted by Gasteiger charge is -2.34. The molecule has 0 radical (unpaired) electrons. The van der Waals surface area contributed by atoms with Crippen molar-refractivity contribution < 1.29 is 38.1 Å². The molecule has 248 valence electrons. The van der Waals surface area contributed by atoms with Gasteiger partial charge >= 0.3 is 24.1 Å². The quantitative estimate of drug-likeness (QED) is 0.114. The Bertz CT molecular complexity index is 958. The van der Waals surface area contributed by atoms with Gasteiger partial charge in [0, 0.05) is 23.0 Å². The highest BCUT2D eigenvalue weighted by Crippen LogP contribution is 2.28. The molecule has 0 aliphatic heterocycles. The zero-order valence-electron chi connectivity index (χ0n) is 26.3. The molecule has 2 amide bonds. The van der Waals surface area contributed by atoms with Crippen molar-refractivity contribution in [2.45, 2.75) is 137 Å². The summed E-state index contributed by atoms with van der Waals surface area (Å²) in [5.74, 6) is -0.993. The second-order valence-corrected chi connectivity index (χ2v) is 12.5. The van der Waals surface area contributed by atoms with Gasteiger partial charge in [-0.2, -0.15) is 0 Å². The lowest BCUT2D eigenvalue weighted by molar-refractivity contribution is -0.150. The minimum atomic E-state index is -0.618. The number of rotatable bonds is 7. The van der Waals surface area contributed by atoms with Crippen LogP contribution in [-0.2, 0) is 28.5 Å². The van der Waals surface area contributed by atoms with Gasteiger partial charge in [-0.1, -0.05) is 12.5 Å². The van der Waals surface area contributed by atoms with E-state index in [0.717, 1.165) is 0 Å². The number of carbonyl (C=O) groups excluding carboxylic acids is 4. The summed E-state index contributed by atoms with van der Waals surface area (Å²) in [5, 5.41) is 9.17. The molecule has 0 aromatic heterocycles. The van der Waals surface area contributed by atoms with Gasteiger partial charge in [-0.15, -0.1) is 0 Å². The van der Waals surface area contributed by atoms with E-state index in [1.807, 2.05) is 0 Å². The van der Waals surface area contributed by atoms with Crippen molar-refractivity contribution in [3.63, 3.8) is 0 Å². The number of hydrogen-bond acceptors (Lipinski definition) is 10. The van der Waals surface area contributed by atoms with Crippen LogP contribution < -0.4 is 16.4 Å². The van der Waals surface area contributed by atoms with E-state index in [-0.39, 0.29) is 49.3 Å². The summed E-state index contributed by atoms with van der Waals surface area (Å²) in [6.07, 6.45) is 2.28. The predicted octanol–water partition coefficient (Wildman–Crippen LogP) is 5.13. The van der Waals surface area contributed by atoms with E-state index < -0.39 is 29.4 Å². The molecular weight excluding hydrogens is 560 g/mol. The number of azide groups is 1. The molecule has 6 atom stereocenters. The van der Waals surface area contributed by atoms with E-state index in [4.69, 9.17) is 30.2 Å².